The van der Waals surface area contributed by atoms with Gasteiger partial charge in [-0.1, -0.05) is 25.7 Å². The minimum absolute atomic E-state index is 0.0831. The van der Waals surface area contributed by atoms with Crippen LogP contribution < -0.4 is 10.7 Å². The molecule has 1 amide bonds. The molecule has 0 radical (unpaired) electrons. The molecule has 3 N–H and O–H groups in total. The fraction of sp³-hybridized carbons (Fsp3) is 0.571. The molecule has 0 aliphatic heterocycles. The van der Waals surface area contributed by atoms with E-state index in [1.165, 1.54) is 18.5 Å². The highest BCUT2D eigenvalue weighted by molar-refractivity contribution is 5.93. The summed E-state index contributed by atoms with van der Waals surface area (Å²) in [6.07, 6.45) is 8.52. The van der Waals surface area contributed by atoms with Crippen molar-refractivity contribution >= 4 is 5.91 Å². The standard InChI is InChI=1S/C14H20N2O3/c17-12-5-8-15-9-11(12)13(18)16-10-14(19)6-3-1-2-4-7-14/h5,8-9,19H,1-4,6-7,10H2,(H,15,17)(H,16,18). The summed E-state index contributed by atoms with van der Waals surface area (Å²) in [6, 6.07) is 1.31. The number of hydrogen-bond acceptors (Lipinski definition) is 3. The molecule has 104 valence electrons. The van der Waals surface area contributed by atoms with E-state index in [9.17, 15) is 14.7 Å². The number of aliphatic hydroxyl groups is 1. The third-order valence-corrected chi connectivity index (χ3v) is 3.68. The Morgan fingerprint density at radius 3 is 2.63 bits per heavy atom. The monoisotopic (exact) mass is 264 g/mol. The first kappa shape index (κ1) is 13.8. The third kappa shape index (κ3) is 3.67. The summed E-state index contributed by atoms with van der Waals surface area (Å²) in [5.41, 5.74) is -1.06. The first-order valence-corrected chi connectivity index (χ1v) is 6.78. The van der Waals surface area contributed by atoms with Crippen LogP contribution in [0, 0.1) is 0 Å². The molecule has 5 heteroatoms. The minimum atomic E-state index is -0.826. The Balaban J connectivity index is 1.96. The molecular formula is C14H20N2O3. The van der Waals surface area contributed by atoms with Gasteiger partial charge in [-0.25, -0.2) is 0 Å². The fourth-order valence-corrected chi connectivity index (χ4v) is 2.50. The second-order valence-electron chi connectivity index (χ2n) is 5.24. The number of carbonyl (C=O) groups is 1. The Morgan fingerprint density at radius 2 is 2.00 bits per heavy atom. The molecule has 1 heterocycles. The SMILES string of the molecule is O=C(NCC1(O)CCCCCC1)c1c[nH]ccc1=O. The highest BCUT2D eigenvalue weighted by Gasteiger charge is 2.28. The van der Waals surface area contributed by atoms with Crippen LogP contribution in [0.25, 0.3) is 0 Å². The van der Waals surface area contributed by atoms with E-state index in [0.717, 1.165) is 25.7 Å². The maximum atomic E-state index is 11.9. The smallest absolute Gasteiger partial charge is 0.256 e. The number of hydrogen-bond donors (Lipinski definition) is 3. The van der Waals surface area contributed by atoms with Crippen LogP contribution in [0.4, 0.5) is 0 Å². The molecule has 0 saturated heterocycles. The highest BCUT2D eigenvalue weighted by Crippen LogP contribution is 2.26. The van der Waals surface area contributed by atoms with Gasteiger partial charge in [0.1, 0.15) is 5.56 Å². The number of pyridine rings is 1. The van der Waals surface area contributed by atoms with Gasteiger partial charge in [0.25, 0.3) is 5.91 Å². The molecule has 0 atom stereocenters. The maximum Gasteiger partial charge on any atom is 0.256 e. The van der Waals surface area contributed by atoms with Gasteiger partial charge < -0.3 is 15.4 Å². The molecule has 1 aliphatic rings. The zero-order chi connectivity index (χ0) is 13.7. The lowest BCUT2D eigenvalue weighted by Crippen LogP contribution is -2.43. The number of aromatic nitrogens is 1. The van der Waals surface area contributed by atoms with Crippen molar-refractivity contribution in [3.8, 4) is 0 Å². The van der Waals surface area contributed by atoms with Gasteiger partial charge in [-0.05, 0) is 12.8 Å². The molecule has 1 aromatic rings. The summed E-state index contributed by atoms with van der Waals surface area (Å²) in [5.74, 6) is -0.431. The summed E-state index contributed by atoms with van der Waals surface area (Å²) in [5, 5.41) is 13.1. The topological polar surface area (TPSA) is 82.2 Å². The summed E-state index contributed by atoms with van der Waals surface area (Å²) in [6.45, 7) is 0.208. The largest absolute Gasteiger partial charge is 0.388 e. The van der Waals surface area contributed by atoms with Crippen LogP contribution in [0.1, 0.15) is 48.9 Å². The molecule has 2 rings (SSSR count). The third-order valence-electron chi connectivity index (χ3n) is 3.68. The van der Waals surface area contributed by atoms with Crippen molar-refractivity contribution in [3.63, 3.8) is 0 Å². The van der Waals surface area contributed by atoms with Crippen molar-refractivity contribution in [3.05, 3.63) is 34.2 Å². The average molecular weight is 264 g/mol. The normalized spacial score (nSPS) is 18.6. The average Bonchev–Trinajstić information content (AvgIpc) is 2.62. The summed E-state index contributed by atoms with van der Waals surface area (Å²) in [4.78, 5) is 26.1. The lowest BCUT2D eigenvalue weighted by molar-refractivity contribution is 0.0246. The zero-order valence-corrected chi connectivity index (χ0v) is 10.9. The van der Waals surface area contributed by atoms with E-state index in [-0.39, 0.29) is 17.5 Å². The van der Waals surface area contributed by atoms with Gasteiger partial charge in [-0.15, -0.1) is 0 Å². The Bertz CT molecular complexity index is 487. The maximum absolute atomic E-state index is 11.9. The van der Waals surface area contributed by atoms with Crippen LogP contribution in [0.3, 0.4) is 0 Å². The van der Waals surface area contributed by atoms with Crippen LogP contribution in [0.5, 0.6) is 0 Å². The predicted molar refractivity (Wildman–Crippen MR) is 72.0 cm³/mol. The molecule has 0 spiro atoms. The number of rotatable bonds is 3. The van der Waals surface area contributed by atoms with Crippen LogP contribution in [-0.4, -0.2) is 28.1 Å². The van der Waals surface area contributed by atoms with Gasteiger partial charge in [0, 0.05) is 25.0 Å². The van der Waals surface area contributed by atoms with Crippen molar-refractivity contribution in [1.29, 1.82) is 0 Å². The first-order valence-electron chi connectivity index (χ1n) is 6.78. The van der Waals surface area contributed by atoms with Gasteiger partial charge in [0.05, 0.1) is 5.60 Å². The van der Waals surface area contributed by atoms with E-state index in [4.69, 9.17) is 0 Å². The van der Waals surface area contributed by atoms with Gasteiger partial charge in [-0.3, -0.25) is 9.59 Å². The van der Waals surface area contributed by atoms with Gasteiger partial charge in [0.2, 0.25) is 0 Å². The summed E-state index contributed by atoms with van der Waals surface area (Å²) in [7, 11) is 0. The Kier molecular flexibility index (Phi) is 4.37. The quantitative estimate of drug-likeness (QED) is 0.717. The Morgan fingerprint density at radius 1 is 1.32 bits per heavy atom. The van der Waals surface area contributed by atoms with E-state index in [2.05, 4.69) is 10.3 Å². The van der Waals surface area contributed by atoms with E-state index >= 15 is 0 Å². The lowest BCUT2D eigenvalue weighted by Gasteiger charge is -2.26. The van der Waals surface area contributed by atoms with Gasteiger partial charge in [-0.2, -0.15) is 0 Å². The molecular weight excluding hydrogens is 244 g/mol. The van der Waals surface area contributed by atoms with Crippen LogP contribution in [-0.2, 0) is 0 Å². The molecule has 5 nitrogen and oxygen atoms in total. The number of H-pyrrole nitrogens is 1. The zero-order valence-electron chi connectivity index (χ0n) is 10.9. The first-order chi connectivity index (χ1) is 9.11. The molecule has 0 bridgehead atoms. The number of carbonyl (C=O) groups excluding carboxylic acids is 1. The molecule has 0 unspecified atom stereocenters. The van der Waals surface area contributed by atoms with Gasteiger partial charge in [0.15, 0.2) is 5.43 Å². The van der Waals surface area contributed by atoms with Crippen LogP contribution in [0.2, 0.25) is 0 Å². The van der Waals surface area contributed by atoms with Crippen molar-refractivity contribution in [2.75, 3.05) is 6.54 Å². The summed E-state index contributed by atoms with van der Waals surface area (Å²) >= 11 is 0. The van der Waals surface area contributed by atoms with Crippen molar-refractivity contribution < 1.29 is 9.90 Å². The second-order valence-corrected chi connectivity index (χ2v) is 5.24. The van der Waals surface area contributed by atoms with E-state index in [1.807, 2.05) is 0 Å². The van der Waals surface area contributed by atoms with Crippen molar-refractivity contribution in [2.24, 2.45) is 0 Å². The van der Waals surface area contributed by atoms with Crippen molar-refractivity contribution in [2.45, 2.75) is 44.1 Å². The predicted octanol–water partition coefficient (Wildman–Crippen LogP) is 1.19. The number of nitrogens with one attached hydrogen (secondary N) is 2. The molecule has 0 aromatic carbocycles. The lowest BCUT2D eigenvalue weighted by atomic mass is 9.94. The molecule has 1 saturated carbocycles. The molecule has 1 fully saturated rings. The van der Waals surface area contributed by atoms with E-state index < -0.39 is 11.5 Å². The van der Waals surface area contributed by atoms with Crippen LogP contribution in [0.15, 0.2) is 23.3 Å². The number of aromatic amines is 1. The number of amides is 1. The second kappa shape index (κ2) is 6.02. The van der Waals surface area contributed by atoms with Gasteiger partial charge >= 0.3 is 0 Å². The highest BCUT2D eigenvalue weighted by atomic mass is 16.3. The molecule has 1 aromatic heterocycles. The Labute approximate surface area is 112 Å². The molecule has 19 heavy (non-hydrogen) atoms. The molecule has 1 aliphatic carbocycles. The van der Waals surface area contributed by atoms with Crippen LogP contribution >= 0.6 is 0 Å². The fourth-order valence-electron chi connectivity index (χ4n) is 2.50. The van der Waals surface area contributed by atoms with E-state index in [1.54, 1.807) is 0 Å². The van der Waals surface area contributed by atoms with E-state index in [0.29, 0.717) is 12.8 Å². The Hall–Kier alpha value is -1.62. The van der Waals surface area contributed by atoms with Crippen molar-refractivity contribution in [1.82, 2.24) is 10.3 Å². The summed E-state index contributed by atoms with van der Waals surface area (Å²) < 4.78 is 0. The minimum Gasteiger partial charge on any atom is -0.388 e.